The fraction of sp³-hybridized carbons (Fsp3) is 0.273. The molecule has 4 nitrogen and oxygen atoms in total. The molecular weight excluding hydrogens is 232 g/mol. The van der Waals surface area contributed by atoms with Crippen LogP contribution in [0.2, 0.25) is 5.02 Å². The smallest absolute Gasteiger partial charge is 0.347 e. The molecule has 0 radical (unpaired) electrons. The Bertz CT molecular complexity index is 426. The summed E-state index contributed by atoms with van der Waals surface area (Å²) in [6.07, 6.45) is 0.569. The molecule has 0 aliphatic carbocycles. The maximum Gasteiger partial charge on any atom is 0.347 e. The van der Waals surface area contributed by atoms with Gasteiger partial charge in [0.05, 0.1) is 5.56 Å². The molecule has 86 valence electrons. The molecule has 0 spiro atoms. The van der Waals surface area contributed by atoms with E-state index in [-0.39, 0.29) is 11.3 Å². The lowest BCUT2D eigenvalue weighted by Crippen LogP contribution is -2.38. The van der Waals surface area contributed by atoms with Crippen molar-refractivity contribution >= 4 is 23.9 Å². The van der Waals surface area contributed by atoms with Gasteiger partial charge in [0, 0.05) is 5.02 Å². The molecule has 16 heavy (non-hydrogen) atoms. The van der Waals surface area contributed by atoms with Gasteiger partial charge in [-0.25, -0.2) is 4.79 Å². The van der Waals surface area contributed by atoms with Gasteiger partial charge in [0.1, 0.15) is 5.75 Å². The van der Waals surface area contributed by atoms with Crippen molar-refractivity contribution in [3.8, 4) is 5.75 Å². The van der Waals surface area contributed by atoms with Crippen molar-refractivity contribution in [3.63, 3.8) is 0 Å². The number of carbonyl (C=O) groups is 2. The molecule has 0 saturated heterocycles. The quantitative estimate of drug-likeness (QED) is 0.824. The van der Waals surface area contributed by atoms with Gasteiger partial charge in [-0.15, -0.1) is 0 Å². The van der Waals surface area contributed by atoms with E-state index in [9.17, 15) is 9.59 Å². The van der Waals surface area contributed by atoms with Crippen LogP contribution >= 0.6 is 11.6 Å². The lowest BCUT2D eigenvalue weighted by Gasteiger charge is -2.22. The summed E-state index contributed by atoms with van der Waals surface area (Å²) >= 11 is 5.70. The molecule has 0 unspecified atom stereocenters. The van der Waals surface area contributed by atoms with Gasteiger partial charge in [-0.1, -0.05) is 11.6 Å². The maximum atomic E-state index is 10.9. The molecule has 0 fully saturated rings. The molecule has 0 aliphatic heterocycles. The maximum absolute atomic E-state index is 10.9. The fourth-order valence-electron chi connectivity index (χ4n) is 1.02. The summed E-state index contributed by atoms with van der Waals surface area (Å²) < 4.78 is 5.25. The van der Waals surface area contributed by atoms with Crippen LogP contribution in [0.1, 0.15) is 24.2 Å². The van der Waals surface area contributed by atoms with Crippen molar-refractivity contribution in [3.05, 3.63) is 28.8 Å². The second-order valence-electron chi connectivity index (χ2n) is 3.72. The van der Waals surface area contributed by atoms with Gasteiger partial charge < -0.3 is 9.84 Å². The third-order valence-corrected chi connectivity index (χ3v) is 2.21. The van der Waals surface area contributed by atoms with Crippen molar-refractivity contribution in [1.29, 1.82) is 0 Å². The number of carboxylic acids is 1. The molecule has 0 bridgehead atoms. The standard InChI is InChI=1S/C11H11ClO4/c1-11(2,10(14)15)16-9-4-3-8(12)5-7(9)6-13/h3-6H,1-2H3,(H,14,15). The number of aldehydes is 1. The number of benzene rings is 1. The van der Waals surface area contributed by atoms with Gasteiger partial charge in [-0.2, -0.15) is 0 Å². The molecule has 0 aromatic heterocycles. The van der Waals surface area contributed by atoms with Crippen LogP contribution in [0.25, 0.3) is 0 Å². The highest BCUT2D eigenvalue weighted by atomic mass is 35.5. The SMILES string of the molecule is CC(C)(Oc1ccc(Cl)cc1C=O)C(=O)O. The van der Waals surface area contributed by atoms with Crippen LogP contribution in [0.4, 0.5) is 0 Å². The Hall–Kier alpha value is -1.55. The minimum atomic E-state index is -1.40. The zero-order valence-corrected chi connectivity index (χ0v) is 9.62. The van der Waals surface area contributed by atoms with Gasteiger partial charge in [0.2, 0.25) is 0 Å². The van der Waals surface area contributed by atoms with Crippen LogP contribution in [0, 0.1) is 0 Å². The van der Waals surface area contributed by atoms with Gasteiger partial charge >= 0.3 is 5.97 Å². The van der Waals surface area contributed by atoms with Gasteiger partial charge in [-0.05, 0) is 32.0 Å². The summed E-state index contributed by atoms with van der Waals surface area (Å²) in [7, 11) is 0. The minimum Gasteiger partial charge on any atom is -0.478 e. The molecule has 1 rings (SSSR count). The number of ether oxygens (including phenoxy) is 1. The largest absolute Gasteiger partial charge is 0.478 e. The predicted octanol–water partition coefficient (Wildman–Crippen LogP) is 2.39. The zero-order valence-electron chi connectivity index (χ0n) is 8.86. The Balaban J connectivity index is 3.06. The van der Waals surface area contributed by atoms with Gasteiger partial charge in [-0.3, -0.25) is 4.79 Å². The van der Waals surface area contributed by atoms with Crippen molar-refractivity contribution < 1.29 is 19.4 Å². The average Bonchev–Trinajstić information content (AvgIpc) is 2.20. The monoisotopic (exact) mass is 242 g/mol. The van der Waals surface area contributed by atoms with Crippen LogP contribution < -0.4 is 4.74 Å². The molecule has 0 amide bonds. The topological polar surface area (TPSA) is 63.6 Å². The first-order valence-corrected chi connectivity index (χ1v) is 4.92. The van der Waals surface area contributed by atoms with Crippen LogP contribution in [0.5, 0.6) is 5.75 Å². The minimum absolute atomic E-state index is 0.201. The third kappa shape index (κ3) is 2.73. The molecule has 5 heteroatoms. The van der Waals surface area contributed by atoms with E-state index in [0.717, 1.165) is 0 Å². The lowest BCUT2D eigenvalue weighted by atomic mass is 10.1. The Labute approximate surface area is 97.8 Å². The molecule has 0 saturated carbocycles. The average molecular weight is 243 g/mol. The highest BCUT2D eigenvalue weighted by Crippen LogP contribution is 2.25. The normalized spacial score (nSPS) is 10.9. The zero-order chi connectivity index (χ0) is 12.3. The van der Waals surface area contributed by atoms with Crippen LogP contribution in [-0.2, 0) is 4.79 Å². The van der Waals surface area contributed by atoms with E-state index in [2.05, 4.69) is 0 Å². The van der Waals surface area contributed by atoms with Gasteiger partial charge in [0.25, 0.3) is 0 Å². The molecular formula is C11H11ClO4. The van der Waals surface area contributed by atoms with Crippen molar-refractivity contribution in [2.45, 2.75) is 19.4 Å². The molecule has 0 heterocycles. The number of rotatable bonds is 4. The first-order chi connectivity index (χ1) is 7.36. The number of aliphatic carboxylic acids is 1. The summed E-state index contributed by atoms with van der Waals surface area (Å²) in [6.45, 7) is 2.80. The van der Waals surface area contributed by atoms with E-state index < -0.39 is 11.6 Å². The second kappa shape index (κ2) is 4.53. The van der Waals surface area contributed by atoms with E-state index in [1.165, 1.54) is 32.0 Å². The van der Waals surface area contributed by atoms with Crippen molar-refractivity contribution in [2.24, 2.45) is 0 Å². The number of carboxylic acid groups (broad SMARTS) is 1. The summed E-state index contributed by atoms with van der Waals surface area (Å²) in [5.41, 5.74) is -1.17. The van der Waals surface area contributed by atoms with E-state index in [1.54, 1.807) is 0 Å². The number of carbonyl (C=O) groups excluding carboxylic acids is 1. The molecule has 1 N–H and O–H groups in total. The lowest BCUT2D eigenvalue weighted by molar-refractivity contribution is -0.152. The number of hydrogen-bond acceptors (Lipinski definition) is 3. The summed E-state index contributed by atoms with van der Waals surface area (Å²) in [5, 5.41) is 9.27. The Morgan fingerprint density at radius 1 is 1.50 bits per heavy atom. The third-order valence-electron chi connectivity index (χ3n) is 1.98. The Kier molecular flexibility index (Phi) is 3.55. The van der Waals surface area contributed by atoms with E-state index in [1.807, 2.05) is 0 Å². The molecule has 1 aromatic carbocycles. The highest BCUT2D eigenvalue weighted by molar-refractivity contribution is 6.30. The highest BCUT2D eigenvalue weighted by Gasteiger charge is 2.30. The van der Waals surface area contributed by atoms with E-state index in [4.69, 9.17) is 21.4 Å². The van der Waals surface area contributed by atoms with Crippen LogP contribution in [0.3, 0.4) is 0 Å². The summed E-state index contributed by atoms with van der Waals surface area (Å²) in [6, 6.07) is 4.42. The van der Waals surface area contributed by atoms with E-state index in [0.29, 0.717) is 11.3 Å². The fourth-order valence-corrected chi connectivity index (χ4v) is 1.20. The first kappa shape index (κ1) is 12.5. The van der Waals surface area contributed by atoms with Crippen LogP contribution in [-0.4, -0.2) is 23.0 Å². The predicted molar refractivity (Wildman–Crippen MR) is 59.2 cm³/mol. The molecule has 0 aliphatic rings. The van der Waals surface area contributed by atoms with Crippen LogP contribution in [0.15, 0.2) is 18.2 Å². The Morgan fingerprint density at radius 2 is 2.12 bits per heavy atom. The van der Waals surface area contributed by atoms with Crippen molar-refractivity contribution in [1.82, 2.24) is 0 Å². The first-order valence-electron chi connectivity index (χ1n) is 4.54. The Morgan fingerprint density at radius 3 is 2.62 bits per heavy atom. The number of halogens is 1. The molecule has 1 aromatic rings. The summed E-state index contributed by atoms with van der Waals surface area (Å²) in [4.78, 5) is 21.6. The summed E-state index contributed by atoms with van der Waals surface area (Å²) in [5.74, 6) is -0.911. The van der Waals surface area contributed by atoms with Gasteiger partial charge in [0.15, 0.2) is 11.9 Å². The number of hydrogen-bond donors (Lipinski definition) is 1. The van der Waals surface area contributed by atoms with Crippen molar-refractivity contribution in [2.75, 3.05) is 0 Å². The molecule has 0 atom stereocenters. The van der Waals surface area contributed by atoms with E-state index >= 15 is 0 Å². The second-order valence-corrected chi connectivity index (χ2v) is 4.15.